The first-order chi connectivity index (χ1) is 15.0. The Kier molecular flexibility index (Phi) is 5.57. The number of rotatable bonds is 6. The molecule has 3 amide bonds. The Morgan fingerprint density at radius 2 is 1.68 bits per heavy atom. The molecule has 4 aliphatic carbocycles. The molecule has 6 rings (SSSR count). The van der Waals surface area contributed by atoms with Crippen LogP contribution in [0.25, 0.3) is 0 Å². The zero-order chi connectivity index (χ0) is 21.4. The molecule has 4 bridgehead atoms. The van der Waals surface area contributed by atoms with Crippen molar-refractivity contribution in [3.05, 3.63) is 23.8 Å². The normalized spacial score (nSPS) is 31.0. The second kappa shape index (κ2) is 8.36. The number of carbonyl (C=O) groups excluding carboxylic acids is 2. The smallest absolute Gasteiger partial charge is 0.319 e. The van der Waals surface area contributed by atoms with Crippen LogP contribution in [0.2, 0.25) is 0 Å². The lowest BCUT2D eigenvalue weighted by Gasteiger charge is -2.56. The number of amides is 3. The Labute approximate surface area is 185 Å². The van der Waals surface area contributed by atoms with Crippen LogP contribution in [0.1, 0.15) is 75.1 Å². The lowest BCUT2D eigenvalue weighted by molar-refractivity contribution is -0.0127. The highest BCUT2D eigenvalue weighted by Gasteiger charge is 2.51. The van der Waals surface area contributed by atoms with Crippen molar-refractivity contribution < 1.29 is 9.59 Å². The highest BCUT2D eigenvalue weighted by atomic mass is 16.2. The van der Waals surface area contributed by atoms with Crippen molar-refractivity contribution in [3.63, 3.8) is 0 Å². The summed E-state index contributed by atoms with van der Waals surface area (Å²) in [7, 11) is 0. The highest BCUT2D eigenvalue weighted by molar-refractivity contribution is 6.02. The Bertz CT molecular complexity index is 811. The molecule has 3 N–H and O–H groups in total. The molecule has 5 aliphatic rings. The maximum Gasteiger partial charge on any atom is 0.319 e. The minimum Gasteiger partial charge on any atom is -0.371 e. The van der Waals surface area contributed by atoms with E-state index in [-0.39, 0.29) is 17.5 Å². The molecule has 0 aromatic heterocycles. The average Bonchev–Trinajstić information content (AvgIpc) is 3.25. The molecule has 0 atom stereocenters. The first-order valence-electron chi connectivity index (χ1n) is 12.3. The zero-order valence-electron chi connectivity index (χ0n) is 18.7. The van der Waals surface area contributed by atoms with Gasteiger partial charge in [0.2, 0.25) is 0 Å². The van der Waals surface area contributed by atoms with Crippen molar-refractivity contribution in [3.8, 4) is 0 Å². The number of urea groups is 1. The Balaban J connectivity index is 1.30. The molecule has 1 saturated heterocycles. The van der Waals surface area contributed by atoms with Crippen molar-refractivity contribution in [1.82, 2.24) is 10.6 Å². The van der Waals surface area contributed by atoms with Crippen LogP contribution in [-0.2, 0) is 0 Å². The van der Waals surface area contributed by atoms with Gasteiger partial charge in [0.25, 0.3) is 5.91 Å². The zero-order valence-corrected chi connectivity index (χ0v) is 18.7. The molecule has 168 valence electrons. The average molecular weight is 425 g/mol. The van der Waals surface area contributed by atoms with Crippen molar-refractivity contribution >= 4 is 23.3 Å². The Morgan fingerprint density at radius 3 is 2.29 bits per heavy atom. The van der Waals surface area contributed by atoms with Gasteiger partial charge in [-0.2, -0.15) is 0 Å². The summed E-state index contributed by atoms with van der Waals surface area (Å²) in [5.74, 6) is 2.31. The van der Waals surface area contributed by atoms with Crippen LogP contribution >= 0.6 is 0 Å². The van der Waals surface area contributed by atoms with Crippen LogP contribution in [0, 0.1) is 17.8 Å². The largest absolute Gasteiger partial charge is 0.371 e. The van der Waals surface area contributed by atoms with Gasteiger partial charge in [0.1, 0.15) is 0 Å². The molecular weight excluding hydrogens is 388 g/mol. The molecular formula is C25H36N4O2. The summed E-state index contributed by atoms with van der Waals surface area (Å²) in [5.41, 5.74) is 2.29. The molecule has 4 saturated carbocycles. The third-order valence-electron chi connectivity index (χ3n) is 7.90. The van der Waals surface area contributed by atoms with E-state index in [2.05, 4.69) is 27.8 Å². The molecule has 0 radical (unpaired) electrons. The molecule has 1 aliphatic heterocycles. The summed E-state index contributed by atoms with van der Waals surface area (Å²) < 4.78 is 0. The number of carbonyl (C=O) groups is 2. The summed E-state index contributed by atoms with van der Waals surface area (Å²) >= 11 is 0. The van der Waals surface area contributed by atoms with Gasteiger partial charge in [-0.05, 0) is 93.7 Å². The van der Waals surface area contributed by atoms with Gasteiger partial charge in [-0.3, -0.25) is 4.79 Å². The summed E-state index contributed by atoms with van der Waals surface area (Å²) in [4.78, 5) is 28.1. The minimum atomic E-state index is -0.129. The summed E-state index contributed by atoms with van der Waals surface area (Å²) in [6, 6.07) is 5.64. The van der Waals surface area contributed by atoms with E-state index in [0.29, 0.717) is 17.8 Å². The van der Waals surface area contributed by atoms with E-state index in [1.165, 1.54) is 19.3 Å². The number of hydrogen-bond acceptors (Lipinski definition) is 3. The van der Waals surface area contributed by atoms with Crippen molar-refractivity contribution in [2.24, 2.45) is 17.8 Å². The monoisotopic (exact) mass is 424 g/mol. The van der Waals surface area contributed by atoms with Crippen LogP contribution in [0.15, 0.2) is 18.2 Å². The standard InChI is InChI=1S/C25H36N4O2/c1-2-7-26-23(30)21-13-20(5-6-22(21)29-8-3-4-9-29)27-24(31)28-25-14-17-10-18(15-25)12-19(11-17)16-25/h5-6,13,17-19H,2-4,7-12,14-16H2,1H3,(H,26,30)(H2,27,28,31). The molecule has 6 nitrogen and oxygen atoms in total. The van der Waals surface area contributed by atoms with E-state index in [4.69, 9.17) is 0 Å². The van der Waals surface area contributed by atoms with E-state index in [1.54, 1.807) is 0 Å². The number of nitrogens with zero attached hydrogens (tertiary/aromatic N) is 1. The summed E-state index contributed by atoms with van der Waals surface area (Å²) in [6.07, 6.45) is 10.7. The predicted molar refractivity (Wildman–Crippen MR) is 124 cm³/mol. The molecule has 31 heavy (non-hydrogen) atoms. The van der Waals surface area contributed by atoms with Crippen LogP contribution < -0.4 is 20.9 Å². The Morgan fingerprint density at radius 1 is 1.03 bits per heavy atom. The second-order valence-corrected chi connectivity index (χ2v) is 10.5. The van der Waals surface area contributed by atoms with Crippen LogP contribution in [0.5, 0.6) is 0 Å². The van der Waals surface area contributed by atoms with Gasteiger partial charge in [-0.25, -0.2) is 4.79 Å². The molecule has 6 heteroatoms. The third kappa shape index (κ3) is 4.26. The number of anilines is 2. The lowest BCUT2D eigenvalue weighted by atomic mass is 9.53. The number of nitrogens with one attached hydrogen (secondary N) is 3. The third-order valence-corrected chi connectivity index (χ3v) is 7.90. The predicted octanol–water partition coefficient (Wildman–Crippen LogP) is 4.52. The number of benzene rings is 1. The fraction of sp³-hybridized carbons (Fsp3) is 0.680. The van der Waals surface area contributed by atoms with Gasteiger partial charge in [0, 0.05) is 36.5 Å². The summed E-state index contributed by atoms with van der Waals surface area (Å²) in [5, 5.41) is 9.40. The van der Waals surface area contributed by atoms with E-state index in [9.17, 15) is 9.59 Å². The Hall–Kier alpha value is -2.24. The van der Waals surface area contributed by atoms with E-state index in [0.717, 1.165) is 75.1 Å². The maximum absolute atomic E-state index is 13.0. The fourth-order valence-corrected chi connectivity index (χ4v) is 7.03. The van der Waals surface area contributed by atoms with Crippen molar-refractivity contribution in [2.75, 3.05) is 29.9 Å². The SMILES string of the molecule is CCCNC(=O)c1cc(NC(=O)NC23CC4CC(CC(C4)C2)C3)ccc1N1CCCC1. The van der Waals surface area contributed by atoms with Gasteiger partial charge >= 0.3 is 6.03 Å². The van der Waals surface area contributed by atoms with Crippen molar-refractivity contribution in [1.29, 1.82) is 0 Å². The highest BCUT2D eigenvalue weighted by Crippen LogP contribution is 2.55. The lowest BCUT2D eigenvalue weighted by Crippen LogP contribution is -2.60. The van der Waals surface area contributed by atoms with Gasteiger partial charge in [0.15, 0.2) is 0 Å². The van der Waals surface area contributed by atoms with Gasteiger partial charge in [-0.15, -0.1) is 0 Å². The van der Waals surface area contributed by atoms with Crippen LogP contribution in [0.3, 0.4) is 0 Å². The van der Waals surface area contributed by atoms with Crippen LogP contribution in [-0.4, -0.2) is 37.1 Å². The van der Waals surface area contributed by atoms with E-state index < -0.39 is 0 Å². The van der Waals surface area contributed by atoms with Crippen LogP contribution in [0.4, 0.5) is 16.2 Å². The molecule has 0 unspecified atom stereocenters. The molecule has 1 aromatic carbocycles. The quantitative estimate of drug-likeness (QED) is 0.629. The fourth-order valence-electron chi connectivity index (χ4n) is 7.03. The summed E-state index contributed by atoms with van der Waals surface area (Å²) in [6.45, 7) is 4.66. The number of hydrogen-bond donors (Lipinski definition) is 3. The topological polar surface area (TPSA) is 73.5 Å². The molecule has 1 aromatic rings. The first-order valence-corrected chi connectivity index (χ1v) is 12.3. The molecule has 5 fully saturated rings. The second-order valence-electron chi connectivity index (χ2n) is 10.5. The first kappa shape index (κ1) is 20.7. The maximum atomic E-state index is 13.0. The molecule has 1 heterocycles. The van der Waals surface area contributed by atoms with Crippen molar-refractivity contribution in [2.45, 2.75) is 70.3 Å². The van der Waals surface area contributed by atoms with E-state index >= 15 is 0 Å². The molecule has 0 spiro atoms. The van der Waals surface area contributed by atoms with Gasteiger partial charge in [-0.1, -0.05) is 6.92 Å². The van der Waals surface area contributed by atoms with Gasteiger partial charge < -0.3 is 20.9 Å². The van der Waals surface area contributed by atoms with Gasteiger partial charge in [0.05, 0.1) is 5.56 Å². The van der Waals surface area contributed by atoms with E-state index in [1.807, 2.05) is 18.2 Å². The minimum absolute atomic E-state index is 0.0182.